The number of hydrogen-bond acceptors (Lipinski definition) is 2. The Balaban J connectivity index is 3.31. The summed E-state index contributed by atoms with van der Waals surface area (Å²) < 4.78 is 12.4. The van der Waals surface area contributed by atoms with Gasteiger partial charge in [-0.05, 0) is 15.9 Å². The minimum Gasteiger partial charge on any atom is -0.508 e. The van der Waals surface area contributed by atoms with Crippen LogP contribution in [-0.4, -0.2) is 10.2 Å². The quantitative estimate of drug-likeness (QED) is 0.682. The van der Waals surface area contributed by atoms with Crippen LogP contribution in [-0.2, 0) is 0 Å². The van der Waals surface area contributed by atoms with Crippen LogP contribution >= 0.6 is 15.9 Å². The van der Waals surface area contributed by atoms with E-state index in [9.17, 15) is 4.39 Å². The molecule has 0 fully saturated rings. The van der Waals surface area contributed by atoms with Gasteiger partial charge < -0.3 is 10.2 Å². The maximum absolute atomic E-state index is 12.5. The summed E-state index contributed by atoms with van der Waals surface area (Å²) >= 11 is 2.78. The van der Waals surface area contributed by atoms with Gasteiger partial charge in [0, 0.05) is 12.1 Å². The highest BCUT2D eigenvalue weighted by molar-refractivity contribution is 9.10. The van der Waals surface area contributed by atoms with Gasteiger partial charge in [0.05, 0.1) is 4.47 Å². The lowest BCUT2D eigenvalue weighted by Gasteiger charge is -1.97. The number of hydrogen-bond donors (Lipinski definition) is 2. The van der Waals surface area contributed by atoms with E-state index in [0.29, 0.717) is 0 Å². The second-order valence-corrected chi connectivity index (χ2v) is 2.55. The minimum atomic E-state index is -0.683. The van der Waals surface area contributed by atoms with E-state index in [0.717, 1.165) is 12.1 Å². The van der Waals surface area contributed by atoms with Crippen LogP contribution in [0.3, 0.4) is 0 Å². The average molecular weight is 207 g/mol. The van der Waals surface area contributed by atoms with E-state index in [1.54, 1.807) is 0 Å². The first-order valence-corrected chi connectivity index (χ1v) is 3.27. The third-order valence-electron chi connectivity index (χ3n) is 0.994. The van der Waals surface area contributed by atoms with Crippen LogP contribution in [0.5, 0.6) is 11.5 Å². The molecule has 0 heterocycles. The van der Waals surface area contributed by atoms with Crippen LogP contribution in [0.2, 0.25) is 0 Å². The Bertz CT molecular complexity index is 239. The van der Waals surface area contributed by atoms with Gasteiger partial charge in [-0.3, -0.25) is 0 Å². The standard InChI is InChI=1S/C6H4BrFO2/c7-6-4(8)1-3(9)2-5(6)10/h1-2,9-10H. The summed E-state index contributed by atoms with van der Waals surface area (Å²) in [6.45, 7) is 0. The highest BCUT2D eigenvalue weighted by Gasteiger charge is 2.05. The molecule has 0 aliphatic heterocycles. The molecule has 0 atom stereocenters. The normalized spacial score (nSPS) is 9.80. The SMILES string of the molecule is Oc1cc(O)c(Br)c(F)c1. The molecule has 2 nitrogen and oxygen atoms in total. The Labute approximate surface area is 65.1 Å². The first-order valence-electron chi connectivity index (χ1n) is 2.48. The van der Waals surface area contributed by atoms with Crippen molar-refractivity contribution in [3.8, 4) is 11.5 Å². The van der Waals surface area contributed by atoms with Crippen molar-refractivity contribution in [2.24, 2.45) is 0 Å². The minimum absolute atomic E-state index is 0.0368. The molecule has 0 aliphatic carbocycles. The summed E-state index contributed by atoms with van der Waals surface area (Å²) in [5.41, 5.74) is 0. The Morgan fingerprint density at radius 1 is 1.30 bits per heavy atom. The molecule has 0 unspecified atom stereocenters. The molecule has 0 bridgehead atoms. The maximum atomic E-state index is 12.5. The highest BCUT2D eigenvalue weighted by atomic mass is 79.9. The molecule has 0 saturated carbocycles. The predicted octanol–water partition coefficient (Wildman–Crippen LogP) is 2.00. The molecular formula is C6H4BrFO2. The van der Waals surface area contributed by atoms with Crippen molar-refractivity contribution < 1.29 is 14.6 Å². The third kappa shape index (κ3) is 1.21. The Hall–Kier alpha value is -0.770. The molecule has 1 aromatic carbocycles. The van der Waals surface area contributed by atoms with Crippen LogP contribution in [0.4, 0.5) is 4.39 Å². The molecule has 2 N–H and O–H groups in total. The fraction of sp³-hybridized carbons (Fsp3) is 0. The lowest BCUT2D eigenvalue weighted by Crippen LogP contribution is -1.76. The second-order valence-electron chi connectivity index (χ2n) is 1.76. The highest BCUT2D eigenvalue weighted by Crippen LogP contribution is 2.30. The van der Waals surface area contributed by atoms with Crippen LogP contribution in [0.1, 0.15) is 0 Å². The Morgan fingerprint density at radius 3 is 2.40 bits per heavy atom. The van der Waals surface area contributed by atoms with Gasteiger partial charge in [0.15, 0.2) is 0 Å². The lowest BCUT2D eigenvalue weighted by molar-refractivity contribution is 0.438. The van der Waals surface area contributed by atoms with Crippen LogP contribution < -0.4 is 0 Å². The van der Waals surface area contributed by atoms with Crippen molar-refractivity contribution in [1.82, 2.24) is 0 Å². The molecule has 10 heavy (non-hydrogen) atoms. The Morgan fingerprint density at radius 2 is 1.90 bits per heavy atom. The van der Waals surface area contributed by atoms with Crippen LogP contribution in [0.25, 0.3) is 0 Å². The summed E-state index contributed by atoms with van der Waals surface area (Å²) in [5, 5.41) is 17.5. The van der Waals surface area contributed by atoms with Crippen molar-refractivity contribution in [1.29, 1.82) is 0 Å². The van der Waals surface area contributed by atoms with E-state index in [1.807, 2.05) is 0 Å². The van der Waals surface area contributed by atoms with Crippen LogP contribution in [0.15, 0.2) is 16.6 Å². The van der Waals surface area contributed by atoms with E-state index in [2.05, 4.69) is 15.9 Å². The molecule has 0 spiro atoms. The smallest absolute Gasteiger partial charge is 0.144 e. The van der Waals surface area contributed by atoms with Gasteiger partial charge >= 0.3 is 0 Å². The first-order chi connectivity index (χ1) is 4.61. The maximum Gasteiger partial charge on any atom is 0.144 e. The first kappa shape index (κ1) is 7.34. The molecule has 0 amide bonds. The third-order valence-corrected chi connectivity index (χ3v) is 1.78. The zero-order valence-corrected chi connectivity index (χ0v) is 6.39. The lowest BCUT2D eigenvalue weighted by atomic mass is 10.3. The molecule has 1 aromatic rings. The summed E-state index contributed by atoms with van der Waals surface area (Å²) in [5.74, 6) is -1.28. The summed E-state index contributed by atoms with van der Waals surface area (Å²) in [4.78, 5) is 0. The fourth-order valence-electron chi connectivity index (χ4n) is 0.561. The van der Waals surface area contributed by atoms with Gasteiger partial charge in [-0.25, -0.2) is 4.39 Å². The monoisotopic (exact) mass is 206 g/mol. The number of phenolic OH excluding ortho intramolecular Hbond substituents is 2. The van der Waals surface area contributed by atoms with Gasteiger partial charge in [-0.15, -0.1) is 0 Å². The number of rotatable bonds is 0. The van der Waals surface area contributed by atoms with Crippen molar-refractivity contribution >= 4 is 15.9 Å². The number of benzene rings is 1. The van der Waals surface area contributed by atoms with Crippen molar-refractivity contribution in [3.05, 3.63) is 22.4 Å². The number of aromatic hydroxyl groups is 2. The molecule has 0 saturated heterocycles. The average Bonchev–Trinajstić information content (AvgIpc) is 1.82. The molecule has 0 radical (unpaired) electrons. The van der Waals surface area contributed by atoms with Gasteiger partial charge in [-0.1, -0.05) is 0 Å². The summed E-state index contributed by atoms with van der Waals surface area (Å²) in [6, 6.07) is 1.96. The van der Waals surface area contributed by atoms with Crippen molar-refractivity contribution in [2.45, 2.75) is 0 Å². The number of halogens is 2. The predicted molar refractivity (Wildman–Crippen MR) is 37.4 cm³/mol. The van der Waals surface area contributed by atoms with E-state index < -0.39 is 5.82 Å². The molecule has 0 aliphatic rings. The van der Waals surface area contributed by atoms with E-state index in [4.69, 9.17) is 10.2 Å². The molecule has 54 valence electrons. The van der Waals surface area contributed by atoms with Crippen LogP contribution in [0, 0.1) is 5.82 Å². The summed E-state index contributed by atoms with van der Waals surface area (Å²) in [6.07, 6.45) is 0. The van der Waals surface area contributed by atoms with Crippen molar-refractivity contribution in [2.75, 3.05) is 0 Å². The topological polar surface area (TPSA) is 40.5 Å². The van der Waals surface area contributed by atoms with E-state index >= 15 is 0 Å². The largest absolute Gasteiger partial charge is 0.508 e. The van der Waals surface area contributed by atoms with E-state index in [-0.39, 0.29) is 16.0 Å². The van der Waals surface area contributed by atoms with E-state index in [1.165, 1.54) is 0 Å². The molecule has 0 aromatic heterocycles. The molecule has 1 rings (SSSR count). The molecular weight excluding hydrogens is 203 g/mol. The zero-order valence-electron chi connectivity index (χ0n) is 4.81. The van der Waals surface area contributed by atoms with Gasteiger partial charge in [0.1, 0.15) is 17.3 Å². The fourth-order valence-corrected chi connectivity index (χ4v) is 0.790. The Kier molecular flexibility index (Phi) is 1.80. The van der Waals surface area contributed by atoms with Crippen molar-refractivity contribution in [3.63, 3.8) is 0 Å². The number of phenols is 2. The van der Waals surface area contributed by atoms with Gasteiger partial charge in [0.25, 0.3) is 0 Å². The zero-order chi connectivity index (χ0) is 7.72. The summed E-state index contributed by atoms with van der Waals surface area (Å²) in [7, 11) is 0. The second kappa shape index (κ2) is 2.46. The van der Waals surface area contributed by atoms with Gasteiger partial charge in [0.2, 0.25) is 0 Å². The van der Waals surface area contributed by atoms with Gasteiger partial charge in [-0.2, -0.15) is 0 Å². The molecule has 4 heteroatoms.